The number of carboxylic acid groups (broad SMARTS) is 1. The molecule has 110 valence electrons. The second-order valence-corrected chi connectivity index (χ2v) is 6.03. The molecule has 1 aliphatic rings. The van der Waals surface area contributed by atoms with Gasteiger partial charge in [-0.25, -0.2) is 4.79 Å². The molecule has 2 rings (SSSR count). The average Bonchev–Trinajstić information content (AvgIpc) is 2.97. The van der Waals surface area contributed by atoms with Gasteiger partial charge in [0.2, 0.25) is 0 Å². The lowest BCUT2D eigenvalue weighted by molar-refractivity contribution is -0.143. The molecule has 1 saturated heterocycles. The summed E-state index contributed by atoms with van der Waals surface area (Å²) in [5.41, 5.74) is 0. The number of nitrogens with zero attached hydrogens (tertiary/aromatic N) is 2. The normalized spacial score (nSPS) is 18.9. The van der Waals surface area contributed by atoms with E-state index < -0.39 is 11.9 Å². The molecule has 1 N–H and O–H groups in total. The molecular weight excluding hydrogens is 276 g/mol. The maximum Gasteiger partial charge on any atom is 0.320 e. The van der Waals surface area contributed by atoms with E-state index in [-0.39, 0.29) is 6.03 Å². The number of amides is 2. The average molecular weight is 296 g/mol. The van der Waals surface area contributed by atoms with Crippen molar-refractivity contribution in [1.82, 2.24) is 9.80 Å². The van der Waals surface area contributed by atoms with Gasteiger partial charge in [0, 0.05) is 24.5 Å². The summed E-state index contributed by atoms with van der Waals surface area (Å²) in [5, 5.41) is 11.1. The molecule has 5 nitrogen and oxygen atoms in total. The Kier molecular flexibility index (Phi) is 5.00. The van der Waals surface area contributed by atoms with Crippen molar-refractivity contribution in [2.45, 2.75) is 26.3 Å². The Labute approximate surface area is 122 Å². The van der Waals surface area contributed by atoms with Gasteiger partial charge < -0.3 is 14.9 Å². The van der Waals surface area contributed by atoms with Crippen molar-refractivity contribution in [2.24, 2.45) is 5.92 Å². The fourth-order valence-corrected chi connectivity index (χ4v) is 3.18. The summed E-state index contributed by atoms with van der Waals surface area (Å²) >= 11 is 1.63. The Bertz CT molecular complexity index is 461. The molecular formula is C14H20N2O3S. The molecule has 0 spiro atoms. The van der Waals surface area contributed by atoms with Crippen LogP contribution in [-0.2, 0) is 11.3 Å². The Balaban J connectivity index is 1.98. The Morgan fingerprint density at radius 2 is 2.35 bits per heavy atom. The quantitative estimate of drug-likeness (QED) is 0.928. The molecule has 1 aromatic rings. The number of rotatable bonds is 4. The number of thiophene rings is 1. The first-order valence-electron chi connectivity index (χ1n) is 6.90. The number of urea groups is 1. The summed E-state index contributed by atoms with van der Waals surface area (Å²) in [4.78, 5) is 28.2. The molecule has 1 fully saturated rings. The van der Waals surface area contributed by atoms with Crippen LogP contribution in [0.3, 0.4) is 0 Å². The predicted molar refractivity (Wildman–Crippen MR) is 77.7 cm³/mol. The van der Waals surface area contributed by atoms with Gasteiger partial charge in [-0.05, 0) is 31.2 Å². The van der Waals surface area contributed by atoms with Crippen LogP contribution >= 0.6 is 11.3 Å². The number of aliphatic carboxylic acids is 1. The van der Waals surface area contributed by atoms with Crippen LogP contribution in [0.15, 0.2) is 17.5 Å². The van der Waals surface area contributed by atoms with Gasteiger partial charge in [-0.2, -0.15) is 0 Å². The van der Waals surface area contributed by atoms with E-state index >= 15 is 0 Å². The van der Waals surface area contributed by atoms with Crippen LogP contribution in [0.1, 0.15) is 24.6 Å². The topological polar surface area (TPSA) is 60.9 Å². The van der Waals surface area contributed by atoms with E-state index in [4.69, 9.17) is 5.11 Å². The third-order valence-corrected chi connectivity index (χ3v) is 4.48. The highest BCUT2D eigenvalue weighted by Crippen LogP contribution is 2.19. The monoisotopic (exact) mass is 296 g/mol. The molecule has 1 aromatic heterocycles. The van der Waals surface area contributed by atoms with Gasteiger partial charge in [-0.1, -0.05) is 6.07 Å². The van der Waals surface area contributed by atoms with Crippen molar-refractivity contribution in [3.63, 3.8) is 0 Å². The molecule has 6 heteroatoms. The minimum atomic E-state index is -0.802. The van der Waals surface area contributed by atoms with Crippen molar-refractivity contribution in [1.29, 1.82) is 0 Å². The smallest absolute Gasteiger partial charge is 0.320 e. The van der Waals surface area contributed by atoms with E-state index in [1.807, 2.05) is 24.4 Å². The van der Waals surface area contributed by atoms with Crippen molar-refractivity contribution in [3.8, 4) is 0 Å². The number of carbonyl (C=O) groups excluding carboxylic acids is 1. The van der Waals surface area contributed by atoms with Crippen LogP contribution in [0.5, 0.6) is 0 Å². The number of hydrogen-bond acceptors (Lipinski definition) is 3. The molecule has 0 aliphatic carbocycles. The highest BCUT2D eigenvalue weighted by atomic mass is 32.1. The first kappa shape index (κ1) is 14.8. The van der Waals surface area contributed by atoms with E-state index in [2.05, 4.69) is 0 Å². The number of likely N-dealkylation sites (tertiary alicyclic amines) is 1. The molecule has 0 bridgehead atoms. The molecule has 0 aromatic carbocycles. The predicted octanol–water partition coefficient (Wildman–Crippen LogP) is 2.49. The molecule has 20 heavy (non-hydrogen) atoms. The van der Waals surface area contributed by atoms with Crippen molar-refractivity contribution in [2.75, 3.05) is 19.6 Å². The van der Waals surface area contributed by atoms with Crippen LogP contribution in [0, 0.1) is 5.92 Å². The minimum Gasteiger partial charge on any atom is -0.481 e. The van der Waals surface area contributed by atoms with Gasteiger partial charge in [0.15, 0.2) is 0 Å². The first-order valence-corrected chi connectivity index (χ1v) is 7.78. The summed E-state index contributed by atoms with van der Waals surface area (Å²) in [6.45, 7) is 4.16. The minimum absolute atomic E-state index is 0.0492. The molecule has 2 amide bonds. The lowest BCUT2D eigenvalue weighted by Gasteiger charge is -2.34. The molecule has 2 heterocycles. The highest BCUT2D eigenvalue weighted by molar-refractivity contribution is 7.09. The van der Waals surface area contributed by atoms with Crippen molar-refractivity contribution >= 4 is 23.3 Å². The molecule has 0 radical (unpaired) electrons. The fourth-order valence-electron chi connectivity index (χ4n) is 2.46. The van der Waals surface area contributed by atoms with Crippen molar-refractivity contribution in [3.05, 3.63) is 22.4 Å². The van der Waals surface area contributed by atoms with Gasteiger partial charge in [-0.3, -0.25) is 4.79 Å². The van der Waals surface area contributed by atoms with Gasteiger partial charge in [0.25, 0.3) is 0 Å². The van der Waals surface area contributed by atoms with Crippen LogP contribution in [0.25, 0.3) is 0 Å². The van der Waals surface area contributed by atoms with Crippen LogP contribution < -0.4 is 0 Å². The maximum atomic E-state index is 12.5. The number of carboxylic acids is 1. The Hall–Kier alpha value is -1.56. The lowest BCUT2D eigenvalue weighted by atomic mass is 9.99. The maximum absolute atomic E-state index is 12.5. The van der Waals surface area contributed by atoms with Crippen LogP contribution in [0.4, 0.5) is 4.79 Å². The summed E-state index contributed by atoms with van der Waals surface area (Å²) in [6.07, 6.45) is 1.43. The third kappa shape index (κ3) is 3.50. The summed E-state index contributed by atoms with van der Waals surface area (Å²) in [5.74, 6) is -1.23. The summed E-state index contributed by atoms with van der Waals surface area (Å²) in [7, 11) is 0. The fraction of sp³-hybridized carbons (Fsp3) is 0.571. The largest absolute Gasteiger partial charge is 0.481 e. The van der Waals surface area contributed by atoms with Crippen molar-refractivity contribution < 1.29 is 14.7 Å². The van der Waals surface area contributed by atoms with Gasteiger partial charge in [0.05, 0.1) is 12.5 Å². The molecule has 1 atom stereocenters. The summed E-state index contributed by atoms with van der Waals surface area (Å²) < 4.78 is 0. The van der Waals surface area contributed by atoms with Crippen LogP contribution in [0.2, 0.25) is 0 Å². The molecule has 0 saturated carbocycles. The number of carbonyl (C=O) groups is 2. The second kappa shape index (κ2) is 6.74. The Morgan fingerprint density at radius 1 is 1.55 bits per heavy atom. The van der Waals surface area contributed by atoms with E-state index in [1.165, 1.54) is 0 Å². The zero-order valence-electron chi connectivity index (χ0n) is 11.6. The lowest BCUT2D eigenvalue weighted by Crippen LogP contribution is -2.48. The SMILES string of the molecule is CCN(Cc1cccs1)C(=O)N1CCC[C@H](C(=O)O)C1. The number of hydrogen-bond donors (Lipinski definition) is 1. The zero-order chi connectivity index (χ0) is 14.5. The van der Waals surface area contributed by atoms with E-state index in [1.54, 1.807) is 21.1 Å². The Morgan fingerprint density at radius 3 is 2.95 bits per heavy atom. The summed E-state index contributed by atoms with van der Waals surface area (Å²) in [6, 6.07) is 3.93. The standard InChI is InChI=1S/C14H20N2O3S/c1-2-15(10-12-6-4-8-20-12)14(19)16-7-3-5-11(9-16)13(17)18/h4,6,8,11H,2-3,5,7,9-10H2,1H3,(H,17,18)/t11-/m0/s1. The highest BCUT2D eigenvalue weighted by Gasteiger charge is 2.30. The first-order chi connectivity index (χ1) is 9.61. The van der Waals surface area contributed by atoms with E-state index in [0.29, 0.717) is 32.6 Å². The third-order valence-electron chi connectivity index (χ3n) is 3.62. The molecule has 1 aliphatic heterocycles. The second-order valence-electron chi connectivity index (χ2n) is 5.00. The zero-order valence-corrected chi connectivity index (χ0v) is 12.4. The van der Waals surface area contributed by atoms with E-state index in [0.717, 1.165) is 11.3 Å². The van der Waals surface area contributed by atoms with Crippen LogP contribution in [-0.4, -0.2) is 46.5 Å². The number of piperidine rings is 1. The molecule has 0 unspecified atom stereocenters. The van der Waals surface area contributed by atoms with E-state index in [9.17, 15) is 9.59 Å². The van der Waals surface area contributed by atoms with Gasteiger partial charge in [-0.15, -0.1) is 11.3 Å². The van der Waals surface area contributed by atoms with Gasteiger partial charge in [0.1, 0.15) is 0 Å². The van der Waals surface area contributed by atoms with Gasteiger partial charge >= 0.3 is 12.0 Å².